The highest BCUT2D eigenvalue weighted by Gasteiger charge is 2.23. The molecule has 9 heavy (non-hydrogen) atoms. The maximum absolute atomic E-state index is 4.37. The third kappa shape index (κ3) is 1.78. The van der Waals surface area contributed by atoms with Crippen LogP contribution in [0.2, 0.25) is 0 Å². The van der Waals surface area contributed by atoms with Crippen molar-refractivity contribution in [2.45, 2.75) is 37.1 Å². The van der Waals surface area contributed by atoms with Crippen LogP contribution < -0.4 is 0 Å². The highest BCUT2D eigenvalue weighted by atomic mass is 79.9. The molecule has 0 spiro atoms. The lowest BCUT2D eigenvalue weighted by Crippen LogP contribution is -2.19. The van der Waals surface area contributed by atoms with Gasteiger partial charge in [-0.3, -0.25) is 4.99 Å². The zero-order valence-electron chi connectivity index (χ0n) is 5.73. The minimum Gasteiger partial charge on any atom is -0.279 e. The van der Waals surface area contributed by atoms with Gasteiger partial charge in [0, 0.05) is 6.21 Å². The van der Waals surface area contributed by atoms with Crippen molar-refractivity contribution in [2.75, 3.05) is 0 Å². The van der Waals surface area contributed by atoms with E-state index in [9.17, 15) is 0 Å². The highest BCUT2D eigenvalue weighted by Crippen LogP contribution is 2.32. The fourth-order valence-corrected chi connectivity index (χ4v) is 1.45. The Bertz CT molecular complexity index is 122. The van der Waals surface area contributed by atoms with E-state index in [1.165, 1.54) is 12.8 Å². The second-order valence-electron chi connectivity index (χ2n) is 2.48. The van der Waals surface area contributed by atoms with Gasteiger partial charge in [0.1, 0.15) is 4.45 Å². The molecule has 1 atom stereocenters. The molecule has 52 valence electrons. The van der Waals surface area contributed by atoms with Crippen LogP contribution in [0.15, 0.2) is 4.99 Å². The third-order valence-electron chi connectivity index (χ3n) is 1.76. The Morgan fingerprint density at radius 3 is 2.89 bits per heavy atom. The Kier molecular flexibility index (Phi) is 2.28. The molecule has 0 aromatic rings. The van der Waals surface area contributed by atoms with E-state index in [1.807, 2.05) is 6.21 Å². The van der Waals surface area contributed by atoms with E-state index >= 15 is 0 Å². The van der Waals surface area contributed by atoms with Crippen molar-refractivity contribution in [3.8, 4) is 0 Å². The molecular weight excluding hydrogens is 178 g/mol. The van der Waals surface area contributed by atoms with Crippen LogP contribution in [0.5, 0.6) is 0 Å². The van der Waals surface area contributed by atoms with Crippen molar-refractivity contribution in [1.29, 1.82) is 0 Å². The van der Waals surface area contributed by atoms with Gasteiger partial charge >= 0.3 is 0 Å². The Morgan fingerprint density at radius 2 is 2.56 bits per heavy atom. The molecule has 0 radical (unpaired) electrons. The van der Waals surface area contributed by atoms with E-state index in [0.29, 0.717) is 0 Å². The van der Waals surface area contributed by atoms with Crippen LogP contribution in [-0.4, -0.2) is 10.7 Å². The highest BCUT2D eigenvalue weighted by molar-refractivity contribution is 9.10. The summed E-state index contributed by atoms with van der Waals surface area (Å²) in [5.74, 6) is 0. The van der Waals surface area contributed by atoms with E-state index in [-0.39, 0.29) is 4.45 Å². The summed E-state index contributed by atoms with van der Waals surface area (Å²) in [7, 11) is 0. The molecular formula is C7H12BrN. The van der Waals surface area contributed by atoms with E-state index in [4.69, 9.17) is 0 Å². The summed E-state index contributed by atoms with van der Waals surface area (Å²) in [4.78, 5) is 4.37. The number of rotatable bonds is 1. The first-order valence-corrected chi connectivity index (χ1v) is 4.29. The van der Waals surface area contributed by atoms with Crippen molar-refractivity contribution < 1.29 is 0 Å². The summed E-state index contributed by atoms with van der Waals surface area (Å²) in [5.41, 5.74) is 0. The third-order valence-corrected chi connectivity index (χ3v) is 2.92. The second-order valence-corrected chi connectivity index (χ2v) is 3.95. The fourth-order valence-electron chi connectivity index (χ4n) is 1.02. The van der Waals surface area contributed by atoms with Crippen LogP contribution >= 0.6 is 15.9 Å². The monoisotopic (exact) mass is 189 g/mol. The van der Waals surface area contributed by atoms with Crippen molar-refractivity contribution in [1.82, 2.24) is 0 Å². The summed E-state index contributed by atoms with van der Waals surface area (Å²) in [5, 5.41) is 0. The molecule has 1 unspecified atom stereocenters. The molecule has 0 bridgehead atoms. The van der Waals surface area contributed by atoms with E-state index in [0.717, 1.165) is 12.8 Å². The first-order valence-electron chi connectivity index (χ1n) is 3.49. The lowest BCUT2D eigenvalue weighted by Gasteiger charge is -2.23. The molecule has 1 aliphatic rings. The van der Waals surface area contributed by atoms with Crippen molar-refractivity contribution in [3.63, 3.8) is 0 Å². The molecule has 1 nitrogen and oxygen atoms in total. The molecule has 1 heterocycles. The van der Waals surface area contributed by atoms with Gasteiger partial charge in [0.05, 0.1) is 0 Å². The van der Waals surface area contributed by atoms with Gasteiger partial charge in [-0.2, -0.15) is 0 Å². The number of hydrogen-bond acceptors (Lipinski definition) is 1. The van der Waals surface area contributed by atoms with E-state index < -0.39 is 0 Å². The Morgan fingerprint density at radius 1 is 1.78 bits per heavy atom. The lowest BCUT2D eigenvalue weighted by molar-refractivity contribution is 0.525. The van der Waals surface area contributed by atoms with Crippen LogP contribution in [0.4, 0.5) is 0 Å². The standard InChI is InChI=1S/C7H12BrN/c1-2-7(8)5-3-4-6-9-7/h6H,2-5H2,1H3. The van der Waals surface area contributed by atoms with Gasteiger partial charge in [0.15, 0.2) is 0 Å². The molecule has 1 aliphatic heterocycles. The summed E-state index contributed by atoms with van der Waals surface area (Å²) < 4.78 is 0.102. The number of hydrogen-bond donors (Lipinski definition) is 0. The predicted molar refractivity (Wildman–Crippen MR) is 44.3 cm³/mol. The van der Waals surface area contributed by atoms with Gasteiger partial charge < -0.3 is 0 Å². The molecule has 1 rings (SSSR count). The van der Waals surface area contributed by atoms with Gasteiger partial charge in [-0.1, -0.05) is 22.9 Å². The van der Waals surface area contributed by atoms with Crippen LogP contribution in [0.1, 0.15) is 32.6 Å². The normalized spacial score (nSPS) is 34.9. The zero-order chi connectivity index (χ0) is 6.74. The lowest BCUT2D eigenvalue weighted by atomic mass is 10.1. The first-order chi connectivity index (χ1) is 4.27. The molecule has 0 aromatic carbocycles. The summed E-state index contributed by atoms with van der Waals surface area (Å²) in [6.07, 6.45) is 6.77. The number of nitrogens with zero attached hydrogens (tertiary/aromatic N) is 1. The van der Waals surface area contributed by atoms with Gasteiger partial charge in [-0.15, -0.1) is 0 Å². The second kappa shape index (κ2) is 2.82. The minimum atomic E-state index is 0.102. The molecule has 0 aliphatic carbocycles. The SMILES string of the molecule is CCC1(Br)CCCC=N1. The maximum atomic E-state index is 4.37. The van der Waals surface area contributed by atoms with Crippen molar-refractivity contribution in [2.24, 2.45) is 4.99 Å². The van der Waals surface area contributed by atoms with Crippen LogP contribution in [0.3, 0.4) is 0 Å². The molecule has 0 saturated carbocycles. The molecule has 2 heteroatoms. The predicted octanol–water partition coefficient (Wildman–Crippen LogP) is 2.74. The average molecular weight is 190 g/mol. The minimum absolute atomic E-state index is 0.102. The van der Waals surface area contributed by atoms with Crippen molar-refractivity contribution in [3.05, 3.63) is 0 Å². The van der Waals surface area contributed by atoms with E-state index in [1.54, 1.807) is 0 Å². The van der Waals surface area contributed by atoms with Gasteiger partial charge in [-0.25, -0.2) is 0 Å². The summed E-state index contributed by atoms with van der Waals surface area (Å²) >= 11 is 3.60. The quantitative estimate of drug-likeness (QED) is 0.445. The largest absolute Gasteiger partial charge is 0.279 e. The molecule has 0 N–H and O–H groups in total. The Labute approximate surface area is 64.7 Å². The Balaban J connectivity index is 2.56. The van der Waals surface area contributed by atoms with Crippen LogP contribution in [-0.2, 0) is 0 Å². The molecule has 0 amide bonds. The number of alkyl halides is 1. The smallest absolute Gasteiger partial charge is 0.114 e. The summed E-state index contributed by atoms with van der Waals surface area (Å²) in [6.45, 7) is 2.16. The molecule has 0 aromatic heterocycles. The van der Waals surface area contributed by atoms with Gasteiger partial charge in [-0.05, 0) is 25.7 Å². The number of halogens is 1. The van der Waals surface area contributed by atoms with Crippen LogP contribution in [0.25, 0.3) is 0 Å². The van der Waals surface area contributed by atoms with Crippen LogP contribution in [0, 0.1) is 0 Å². The van der Waals surface area contributed by atoms with Gasteiger partial charge in [0.2, 0.25) is 0 Å². The average Bonchev–Trinajstić information content (AvgIpc) is 1.90. The fraction of sp³-hybridized carbons (Fsp3) is 0.857. The number of aliphatic imine (C=N–C) groups is 1. The topological polar surface area (TPSA) is 12.4 Å². The maximum Gasteiger partial charge on any atom is 0.114 e. The van der Waals surface area contributed by atoms with E-state index in [2.05, 4.69) is 27.8 Å². The zero-order valence-corrected chi connectivity index (χ0v) is 7.32. The first kappa shape index (κ1) is 7.26. The van der Waals surface area contributed by atoms with Gasteiger partial charge in [0.25, 0.3) is 0 Å². The Hall–Kier alpha value is 0.150. The summed E-state index contributed by atoms with van der Waals surface area (Å²) in [6, 6.07) is 0. The molecule has 0 saturated heterocycles. The van der Waals surface area contributed by atoms with Crippen molar-refractivity contribution >= 4 is 22.1 Å². The molecule has 0 fully saturated rings.